The van der Waals surface area contributed by atoms with Gasteiger partial charge >= 0.3 is 0 Å². The topological polar surface area (TPSA) is 84.5 Å². The van der Waals surface area contributed by atoms with Gasteiger partial charge in [0.2, 0.25) is 5.91 Å². The van der Waals surface area contributed by atoms with Gasteiger partial charge in [-0.25, -0.2) is 12.8 Å². The molecule has 1 aliphatic heterocycles. The van der Waals surface area contributed by atoms with Crippen LogP contribution in [-0.4, -0.2) is 20.9 Å². The second-order valence-corrected chi connectivity index (χ2v) is 8.61. The van der Waals surface area contributed by atoms with Gasteiger partial charge in [0, 0.05) is 6.07 Å². The number of ether oxygens (including phenoxy) is 1. The summed E-state index contributed by atoms with van der Waals surface area (Å²) in [7, 11) is -3.97. The standard InChI is InChI=1S/C17H16ClFN2O4S/c1-17(2)9-25-15-7-10(3-6-14(15)20-16(17)22)21-26(23,24)11-4-5-13(19)12(18)8-11/h3-8,21H,9H2,1-2H3,(H,20,22). The van der Waals surface area contributed by atoms with E-state index in [1.807, 2.05) is 0 Å². The highest BCUT2D eigenvalue weighted by Gasteiger charge is 2.32. The Bertz CT molecular complexity index is 992. The van der Waals surface area contributed by atoms with E-state index in [-0.39, 0.29) is 28.1 Å². The first-order valence-electron chi connectivity index (χ1n) is 7.65. The van der Waals surface area contributed by atoms with Crippen molar-refractivity contribution in [3.05, 3.63) is 47.2 Å². The van der Waals surface area contributed by atoms with E-state index in [2.05, 4.69) is 10.0 Å². The van der Waals surface area contributed by atoms with Crippen LogP contribution >= 0.6 is 11.6 Å². The summed E-state index contributed by atoms with van der Waals surface area (Å²) in [6.45, 7) is 3.64. The van der Waals surface area contributed by atoms with Gasteiger partial charge in [0.25, 0.3) is 10.0 Å². The van der Waals surface area contributed by atoms with E-state index < -0.39 is 21.3 Å². The van der Waals surface area contributed by atoms with Gasteiger partial charge in [0.15, 0.2) is 0 Å². The molecule has 2 aromatic rings. The van der Waals surface area contributed by atoms with Crippen molar-refractivity contribution < 1.29 is 22.3 Å². The Balaban J connectivity index is 1.89. The van der Waals surface area contributed by atoms with Gasteiger partial charge in [0.05, 0.1) is 26.7 Å². The van der Waals surface area contributed by atoms with Crippen LogP contribution in [0.1, 0.15) is 13.8 Å². The van der Waals surface area contributed by atoms with Crippen molar-refractivity contribution in [2.75, 3.05) is 16.6 Å². The number of hydrogen-bond acceptors (Lipinski definition) is 4. The van der Waals surface area contributed by atoms with E-state index >= 15 is 0 Å². The molecule has 0 bridgehead atoms. The number of anilines is 2. The number of carbonyl (C=O) groups excluding carboxylic acids is 1. The van der Waals surface area contributed by atoms with Crippen molar-refractivity contribution in [1.29, 1.82) is 0 Å². The normalized spacial score (nSPS) is 16.1. The fraction of sp³-hybridized carbons (Fsp3) is 0.235. The number of nitrogens with one attached hydrogen (secondary N) is 2. The van der Waals surface area contributed by atoms with E-state index in [1.165, 1.54) is 12.1 Å². The van der Waals surface area contributed by atoms with Crippen molar-refractivity contribution in [2.45, 2.75) is 18.7 Å². The molecular formula is C17H16ClFN2O4S. The molecule has 0 spiro atoms. The summed E-state index contributed by atoms with van der Waals surface area (Å²) in [5, 5.41) is 2.46. The minimum Gasteiger partial charge on any atom is -0.490 e. The largest absolute Gasteiger partial charge is 0.490 e. The first-order valence-corrected chi connectivity index (χ1v) is 9.51. The number of fused-ring (bicyclic) bond motifs is 1. The minimum absolute atomic E-state index is 0.148. The zero-order valence-corrected chi connectivity index (χ0v) is 15.5. The number of sulfonamides is 1. The van der Waals surface area contributed by atoms with Crippen LogP contribution < -0.4 is 14.8 Å². The smallest absolute Gasteiger partial charge is 0.261 e. The van der Waals surface area contributed by atoms with Gasteiger partial charge in [-0.15, -0.1) is 0 Å². The Labute approximate surface area is 155 Å². The number of halogens is 2. The Morgan fingerprint density at radius 3 is 2.65 bits per heavy atom. The van der Waals surface area contributed by atoms with Gasteiger partial charge in [-0.1, -0.05) is 11.6 Å². The van der Waals surface area contributed by atoms with Gasteiger partial charge in [-0.05, 0) is 44.2 Å². The zero-order valence-electron chi connectivity index (χ0n) is 14.0. The molecule has 1 amide bonds. The van der Waals surface area contributed by atoms with Crippen molar-refractivity contribution in [3.63, 3.8) is 0 Å². The summed E-state index contributed by atoms with van der Waals surface area (Å²) >= 11 is 5.65. The highest BCUT2D eigenvalue weighted by atomic mass is 35.5. The van der Waals surface area contributed by atoms with Crippen LogP contribution in [0.4, 0.5) is 15.8 Å². The van der Waals surface area contributed by atoms with Gasteiger partial charge < -0.3 is 10.1 Å². The van der Waals surface area contributed by atoms with Gasteiger partial charge in [-0.2, -0.15) is 0 Å². The van der Waals surface area contributed by atoms with Crippen LogP contribution in [0.3, 0.4) is 0 Å². The average Bonchev–Trinajstić information content (AvgIpc) is 2.67. The Morgan fingerprint density at radius 1 is 1.23 bits per heavy atom. The molecule has 0 fully saturated rings. The fourth-order valence-corrected chi connectivity index (χ4v) is 3.60. The van der Waals surface area contributed by atoms with Crippen LogP contribution in [0.2, 0.25) is 5.02 Å². The second-order valence-electron chi connectivity index (χ2n) is 6.52. The lowest BCUT2D eigenvalue weighted by Gasteiger charge is -2.18. The van der Waals surface area contributed by atoms with Crippen molar-refractivity contribution in [2.24, 2.45) is 5.41 Å². The van der Waals surface area contributed by atoms with Crippen molar-refractivity contribution >= 4 is 38.9 Å². The summed E-state index contributed by atoms with van der Waals surface area (Å²) < 4.78 is 46.2. The second kappa shape index (κ2) is 6.44. The molecule has 3 rings (SSSR count). The van der Waals surface area contributed by atoms with E-state index in [1.54, 1.807) is 19.9 Å². The first-order chi connectivity index (χ1) is 12.1. The lowest BCUT2D eigenvalue weighted by atomic mass is 9.94. The molecule has 0 saturated heterocycles. The lowest BCUT2D eigenvalue weighted by Crippen LogP contribution is -2.33. The lowest BCUT2D eigenvalue weighted by molar-refractivity contribution is -0.124. The number of benzene rings is 2. The maximum absolute atomic E-state index is 13.2. The van der Waals surface area contributed by atoms with E-state index in [4.69, 9.17) is 16.3 Å². The summed E-state index contributed by atoms with van der Waals surface area (Å²) in [5.74, 6) is -0.547. The average molecular weight is 399 g/mol. The molecule has 0 saturated carbocycles. The van der Waals surface area contributed by atoms with Crippen LogP contribution in [0.5, 0.6) is 5.75 Å². The quantitative estimate of drug-likeness (QED) is 0.826. The molecule has 26 heavy (non-hydrogen) atoms. The van der Waals surface area contributed by atoms with E-state index in [0.29, 0.717) is 11.4 Å². The van der Waals surface area contributed by atoms with E-state index in [9.17, 15) is 17.6 Å². The highest BCUT2D eigenvalue weighted by molar-refractivity contribution is 7.92. The highest BCUT2D eigenvalue weighted by Crippen LogP contribution is 2.35. The van der Waals surface area contributed by atoms with Crippen LogP contribution in [0, 0.1) is 11.2 Å². The van der Waals surface area contributed by atoms with Crippen LogP contribution in [-0.2, 0) is 14.8 Å². The van der Waals surface area contributed by atoms with Crippen molar-refractivity contribution in [3.8, 4) is 5.75 Å². The molecule has 0 aliphatic carbocycles. The summed E-state index contributed by atoms with van der Waals surface area (Å²) in [6, 6.07) is 7.64. The molecule has 138 valence electrons. The molecule has 2 N–H and O–H groups in total. The number of hydrogen-bond donors (Lipinski definition) is 2. The Morgan fingerprint density at radius 2 is 1.96 bits per heavy atom. The third-order valence-corrected chi connectivity index (χ3v) is 5.56. The molecular weight excluding hydrogens is 383 g/mol. The Hall–Kier alpha value is -2.32. The molecule has 6 nitrogen and oxygen atoms in total. The van der Waals surface area contributed by atoms with Crippen molar-refractivity contribution in [1.82, 2.24) is 0 Å². The molecule has 0 aromatic heterocycles. The predicted octanol–water partition coefficient (Wildman–Crippen LogP) is 3.64. The SMILES string of the molecule is CC1(C)COc2cc(NS(=O)(=O)c3ccc(F)c(Cl)c3)ccc2NC1=O. The summed E-state index contributed by atoms with van der Waals surface area (Å²) in [4.78, 5) is 11.9. The molecule has 0 radical (unpaired) electrons. The van der Waals surface area contributed by atoms with E-state index in [0.717, 1.165) is 18.2 Å². The monoisotopic (exact) mass is 398 g/mol. The molecule has 1 heterocycles. The number of carbonyl (C=O) groups is 1. The zero-order chi connectivity index (χ0) is 19.1. The molecule has 2 aromatic carbocycles. The Kier molecular flexibility index (Phi) is 4.58. The summed E-state index contributed by atoms with van der Waals surface area (Å²) in [5.41, 5.74) is -0.0321. The molecule has 1 aliphatic rings. The number of amides is 1. The van der Waals surface area contributed by atoms with Crippen LogP contribution in [0.25, 0.3) is 0 Å². The maximum atomic E-state index is 13.2. The van der Waals surface area contributed by atoms with Crippen LogP contribution in [0.15, 0.2) is 41.3 Å². The molecule has 9 heteroatoms. The fourth-order valence-electron chi connectivity index (χ4n) is 2.28. The van der Waals surface area contributed by atoms with Gasteiger partial charge in [0.1, 0.15) is 18.2 Å². The first kappa shape index (κ1) is 18.5. The minimum atomic E-state index is -3.97. The third-order valence-electron chi connectivity index (χ3n) is 3.89. The predicted molar refractivity (Wildman–Crippen MR) is 96.6 cm³/mol. The molecule has 0 unspecified atom stereocenters. The number of rotatable bonds is 3. The summed E-state index contributed by atoms with van der Waals surface area (Å²) in [6.07, 6.45) is 0. The molecule has 0 atom stereocenters. The third kappa shape index (κ3) is 3.61. The maximum Gasteiger partial charge on any atom is 0.261 e. The van der Waals surface area contributed by atoms with Gasteiger partial charge in [-0.3, -0.25) is 9.52 Å².